The minimum absolute atomic E-state index is 0.105. The molecule has 0 saturated carbocycles. The monoisotopic (exact) mass is 405 g/mol. The topological polar surface area (TPSA) is 63.7 Å². The van der Waals surface area contributed by atoms with Crippen molar-refractivity contribution in [2.75, 3.05) is 40.0 Å². The van der Waals surface area contributed by atoms with E-state index in [1.807, 2.05) is 49.4 Å². The van der Waals surface area contributed by atoms with Gasteiger partial charge in [-0.05, 0) is 36.8 Å². The molecule has 1 fully saturated rings. The molecule has 0 spiro atoms. The number of carbonyl (C=O) groups is 1. The first-order valence-electron chi connectivity index (χ1n) is 10.3. The van der Waals surface area contributed by atoms with E-state index in [-0.39, 0.29) is 11.9 Å². The summed E-state index contributed by atoms with van der Waals surface area (Å²) in [6.45, 7) is 5.53. The molecular weight excluding hydrogens is 378 g/mol. The van der Waals surface area contributed by atoms with Crippen molar-refractivity contribution in [3.05, 3.63) is 71.4 Å². The van der Waals surface area contributed by atoms with Crippen LogP contribution >= 0.6 is 0 Å². The highest BCUT2D eigenvalue weighted by Gasteiger charge is 2.23. The number of aromatic nitrogens is 1. The molecule has 1 unspecified atom stereocenters. The number of fused-ring (bicyclic) bond motifs is 1. The molecule has 1 aliphatic heterocycles. The van der Waals surface area contributed by atoms with E-state index in [4.69, 9.17) is 9.47 Å². The average molecular weight is 405 g/mol. The molecule has 0 bridgehead atoms. The summed E-state index contributed by atoms with van der Waals surface area (Å²) in [6, 6.07) is 18.0. The zero-order chi connectivity index (χ0) is 20.9. The maximum absolute atomic E-state index is 13.1. The van der Waals surface area contributed by atoms with Crippen LogP contribution in [-0.2, 0) is 4.74 Å². The van der Waals surface area contributed by atoms with Gasteiger partial charge in [-0.1, -0.05) is 30.3 Å². The van der Waals surface area contributed by atoms with Crippen molar-refractivity contribution in [2.24, 2.45) is 0 Å². The largest absolute Gasteiger partial charge is 0.497 e. The Balaban J connectivity index is 1.55. The molecule has 3 aromatic rings. The minimum atomic E-state index is -0.112. The van der Waals surface area contributed by atoms with Crippen LogP contribution in [0.5, 0.6) is 5.75 Å². The third-order valence-corrected chi connectivity index (χ3v) is 5.58. The molecule has 156 valence electrons. The molecule has 2 heterocycles. The van der Waals surface area contributed by atoms with Crippen LogP contribution in [-0.4, -0.2) is 55.7 Å². The van der Waals surface area contributed by atoms with Gasteiger partial charge in [0.15, 0.2) is 0 Å². The van der Waals surface area contributed by atoms with E-state index in [1.165, 1.54) is 5.56 Å². The van der Waals surface area contributed by atoms with Gasteiger partial charge in [-0.3, -0.25) is 14.7 Å². The Morgan fingerprint density at radius 2 is 1.93 bits per heavy atom. The Morgan fingerprint density at radius 3 is 2.67 bits per heavy atom. The number of aryl methyl sites for hydroxylation is 1. The molecule has 0 radical (unpaired) electrons. The van der Waals surface area contributed by atoms with Crippen LogP contribution in [0.25, 0.3) is 10.9 Å². The van der Waals surface area contributed by atoms with Crippen LogP contribution in [0.3, 0.4) is 0 Å². The lowest BCUT2D eigenvalue weighted by Gasteiger charge is -2.35. The molecular formula is C24H27N3O3. The predicted molar refractivity (Wildman–Crippen MR) is 117 cm³/mol. The van der Waals surface area contributed by atoms with E-state index in [0.717, 1.165) is 29.7 Å². The highest BCUT2D eigenvalue weighted by molar-refractivity contribution is 5.98. The van der Waals surface area contributed by atoms with Crippen molar-refractivity contribution in [3.8, 4) is 5.75 Å². The van der Waals surface area contributed by atoms with Crippen molar-refractivity contribution in [1.29, 1.82) is 0 Å². The highest BCUT2D eigenvalue weighted by atomic mass is 16.5. The SMILES string of the molecule is COc1ccc2nc(C)c(C(=O)NCC(c3ccccc3)N3CCOCC3)cc2c1. The van der Waals surface area contributed by atoms with Crippen LogP contribution in [0.1, 0.15) is 27.7 Å². The average Bonchev–Trinajstić information content (AvgIpc) is 2.79. The van der Waals surface area contributed by atoms with Gasteiger partial charge in [-0.25, -0.2) is 0 Å². The van der Waals surface area contributed by atoms with E-state index >= 15 is 0 Å². The van der Waals surface area contributed by atoms with Gasteiger partial charge in [0.2, 0.25) is 0 Å². The molecule has 1 aromatic heterocycles. The van der Waals surface area contributed by atoms with Crippen molar-refractivity contribution < 1.29 is 14.3 Å². The Labute approximate surface area is 176 Å². The third-order valence-electron chi connectivity index (χ3n) is 5.58. The standard InChI is InChI=1S/C24H27N3O3/c1-17-21(15-19-14-20(29-2)8-9-22(19)26-17)24(28)25-16-23(18-6-4-3-5-7-18)27-10-12-30-13-11-27/h3-9,14-15,23H,10-13,16H2,1-2H3,(H,25,28). The first kappa shape index (κ1) is 20.3. The lowest BCUT2D eigenvalue weighted by atomic mass is 10.0. The molecule has 1 aliphatic rings. The molecule has 2 aromatic carbocycles. The van der Waals surface area contributed by atoms with Gasteiger partial charge in [-0.15, -0.1) is 0 Å². The van der Waals surface area contributed by atoms with E-state index in [1.54, 1.807) is 7.11 Å². The number of hydrogen-bond donors (Lipinski definition) is 1. The fourth-order valence-corrected chi connectivity index (χ4v) is 3.91. The molecule has 4 rings (SSSR count). The maximum atomic E-state index is 13.1. The molecule has 1 atom stereocenters. The van der Waals surface area contributed by atoms with E-state index in [0.29, 0.717) is 31.0 Å². The summed E-state index contributed by atoms with van der Waals surface area (Å²) in [5, 5.41) is 4.02. The number of methoxy groups -OCH3 is 1. The van der Waals surface area contributed by atoms with Gasteiger partial charge >= 0.3 is 0 Å². The predicted octanol–water partition coefficient (Wildman–Crippen LogP) is 3.36. The van der Waals surface area contributed by atoms with Gasteiger partial charge in [0.1, 0.15) is 5.75 Å². The van der Waals surface area contributed by atoms with Crippen LogP contribution in [0.2, 0.25) is 0 Å². The Bertz CT molecular complexity index is 1020. The molecule has 6 nitrogen and oxygen atoms in total. The van der Waals surface area contributed by atoms with Gasteiger partial charge < -0.3 is 14.8 Å². The zero-order valence-corrected chi connectivity index (χ0v) is 17.4. The number of ether oxygens (including phenoxy) is 2. The summed E-state index contributed by atoms with van der Waals surface area (Å²) >= 11 is 0. The number of benzene rings is 2. The van der Waals surface area contributed by atoms with E-state index < -0.39 is 0 Å². The molecule has 1 N–H and O–H groups in total. The van der Waals surface area contributed by atoms with Crippen LogP contribution in [0.15, 0.2) is 54.6 Å². The van der Waals surface area contributed by atoms with Gasteiger partial charge in [0.25, 0.3) is 5.91 Å². The molecule has 0 aliphatic carbocycles. The van der Waals surface area contributed by atoms with Gasteiger partial charge in [0, 0.05) is 25.0 Å². The van der Waals surface area contributed by atoms with Crippen LogP contribution in [0, 0.1) is 6.92 Å². The van der Waals surface area contributed by atoms with E-state index in [2.05, 4.69) is 27.3 Å². The minimum Gasteiger partial charge on any atom is -0.497 e. The van der Waals surface area contributed by atoms with Crippen molar-refractivity contribution in [2.45, 2.75) is 13.0 Å². The molecule has 6 heteroatoms. The first-order chi connectivity index (χ1) is 14.7. The lowest BCUT2D eigenvalue weighted by Crippen LogP contribution is -2.43. The Morgan fingerprint density at radius 1 is 1.17 bits per heavy atom. The smallest absolute Gasteiger partial charge is 0.253 e. The summed E-state index contributed by atoms with van der Waals surface area (Å²) < 4.78 is 10.8. The summed E-state index contributed by atoms with van der Waals surface area (Å²) in [4.78, 5) is 20.0. The second-order valence-electron chi connectivity index (χ2n) is 7.46. The van der Waals surface area contributed by atoms with Crippen LogP contribution in [0.4, 0.5) is 0 Å². The second kappa shape index (κ2) is 9.24. The summed E-state index contributed by atoms with van der Waals surface area (Å²) in [5.41, 5.74) is 3.34. The van der Waals surface area contributed by atoms with Gasteiger partial charge in [-0.2, -0.15) is 0 Å². The normalized spacial score (nSPS) is 15.7. The number of amides is 1. The number of hydrogen-bond acceptors (Lipinski definition) is 5. The van der Waals surface area contributed by atoms with Crippen molar-refractivity contribution in [3.63, 3.8) is 0 Å². The maximum Gasteiger partial charge on any atom is 0.253 e. The number of pyridine rings is 1. The number of carbonyl (C=O) groups excluding carboxylic acids is 1. The number of rotatable bonds is 6. The quantitative estimate of drug-likeness (QED) is 0.681. The molecule has 1 saturated heterocycles. The Hall–Kier alpha value is -2.96. The second-order valence-corrected chi connectivity index (χ2v) is 7.46. The lowest BCUT2D eigenvalue weighted by molar-refractivity contribution is 0.0162. The summed E-state index contributed by atoms with van der Waals surface area (Å²) in [6.07, 6.45) is 0. The first-order valence-corrected chi connectivity index (χ1v) is 10.3. The molecule has 1 amide bonds. The summed E-state index contributed by atoms with van der Waals surface area (Å²) in [7, 11) is 1.63. The van der Waals surface area contributed by atoms with E-state index in [9.17, 15) is 4.79 Å². The Kier molecular flexibility index (Phi) is 6.26. The van der Waals surface area contributed by atoms with Gasteiger partial charge in [0.05, 0.1) is 43.1 Å². The summed E-state index contributed by atoms with van der Waals surface area (Å²) in [5.74, 6) is 0.634. The zero-order valence-electron chi connectivity index (χ0n) is 17.4. The number of morpholine rings is 1. The molecule has 30 heavy (non-hydrogen) atoms. The van der Waals surface area contributed by atoms with Crippen molar-refractivity contribution >= 4 is 16.8 Å². The number of nitrogens with one attached hydrogen (secondary N) is 1. The third kappa shape index (κ3) is 4.45. The number of nitrogens with zero attached hydrogens (tertiary/aromatic N) is 2. The fourth-order valence-electron chi connectivity index (χ4n) is 3.91. The van der Waals surface area contributed by atoms with Crippen molar-refractivity contribution in [1.82, 2.24) is 15.2 Å². The fraction of sp³-hybridized carbons (Fsp3) is 0.333. The highest BCUT2D eigenvalue weighted by Crippen LogP contribution is 2.23. The van der Waals surface area contributed by atoms with Crippen LogP contribution < -0.4 is 10.1 Å².